The van der Waals surface area contributed by atoms with E-state index >= 15 is 0 Å². The van der Waals surface area contributed by atoms with Crippen molar-refractivity contribution in [2.45, 2.75) is 18.9 Å². The van der Waals surface area contributed by atoms with Gasteiger partial charge in [0.25, 0.3) is 0 Å². The summed E-state index contributed by atoms with van der Waals surface area (Å²) in [6.07, 6.45) is 2.91. The zero-order valence-electron chi connectivity index (χ0n) is 8.30. The predicted molar refractivity (Wildman–Crippen MR) is 54.2 cm³/mol. The van der Waals surface area contributed by atoms with E-state index in [-0.39, 0.29) is 6.10 Å². The molecule has 15 heavy (non-hydrogen) atoms. The van der Waals surface area contributed by atoms with E-state index in [1.54, 1.807) is 6.07 Å². The van der Waals surface area contributed by atoms with Crippen molar-refractivity contribution >= 4 is 5.82 Å². The number of anilines is 1. The summed E-state index contributed by atoms with van der Waals surface area (Å²) >= 11 is 0. The van der Waals surface area contributed by atoms with Crippen LogP contribution >= 0.6 is 0 Å². The Morgan fingerprint density at radius 1 is 1.60 bits per heavy atom. The molecule has 1 saturated heterocycles. The summed E-state index contributed by atoms with van der Waals surface area (Å²) in [6.45, 7) is 1.36. The molecule has 0 bridgehead atoms. The van der Waals surface area contributed by atoms with Crippen molar-refractivity contribution < 1.29 is 5.11 Å². The van der Waals surface area contributed by atoms with Crippen LogP contribution in [0.2, 0.25) is 0 Å². The first-order valence-corrected chi connectivity index (χ1v) is 4.96. The number of β-amino-alcohol motifs (C(OH)–C–C–N with tert-alkyl or cyclic N) is 1. The Balaban J connectivity index is 2.25. The third-order valence-corrected chi connectivity index (χ3v) is 2.52. The Bertz CT molecular complexity index is 387. The molecular formula is C10H12N4O. The minimum atomic E-state index is -0.327. The van der Waals surface area contributed by atoms with Crippen molar-refractivity contribution in [1.29, 1.82) is 5.26 Å². The molecule has 1 unspecified atom stereocenters. The largest absolute Gasteiger partial charge is 0.391 e. The summed E-state index contributed by atoms with van der Waals surface area (Å²) in [5.41, 5.74) is 0.513. The van der Waals surface area contributed by atoms with E-state index in [1.165, 1.54) is 6.20 Å². The SMILES string of the molecule is N#Cc1ccnnc1N1CCCC(O)C1. The monoisotopic (exact) mass is 204 g/mol. The molecule has 78 valence electrons. The number of hydrogen-bond acceptors (Lipinski definition) is 5. The number of hydrogen-bond donors (Lipinski definition) is 1. The Kier molecular flexibility index (Phi) is 2.79. The summed E-state index contributed by atoms with van der Waals surface area (Å²) in [5, 5.41) is 26.2. The maximum Gasteiger partial charge on any atom is 0.169 e. The minimum Gasteiger partial charge on any atom is -0.391 e. The first-order valence-electron chi connectivity index (χ1n) is 4.96. The van der Waals surface area contributed by atoms with Crippen LogP contribution in [-0.2, 0) is 0 Å². The van der Waals surface area contributed by atoms with Gasteiger partial charge in [-0.25, -0.2) is 0 Å². The molecule has 0 radical (unpaired) electrons. The molecule has 0 aliphatic carbocycles. The topological polar surface area (TPSA) is 73.0 Å². The molecule has 2 rings (SSSR count). The molecule has 0 saturated carbocycles. The molecule has 1 N–H and O–H groups in total. The average molecular weight is 204 g/mol. The Morgan fingerprint density at radius 2 is 2.47 bits per heavy atom. The summed E-state index contributed by atoms with van der Waals surface area (Å²) < 4.78 is 0. The van der Waals surface area contributed by atoms with Crippen LogP contribution in [-0.4, -0.2) is 34.5 Å². The van der Waals surface area contributed by atoms with Crippen molar-refractivity contribution in [1.82, 2.24) is 10.2 Å². The zero-order chi connectivity index (χ0) is 10.7. The Morgan fingerprint density at radius 3 is 3.20 bits per heavy atom. The molecule has 1 aromatic heterocycles. The van der Waals surface area contributed by atoms with Gasteiger partial charge in [0.1, 0.15) is 6.07 Å². The Hall–Kier alpha value is -1.67. The van der Waals surface area contributed by atoms with Gasteiger partial charge in [-0.2, -0.15) is 10.4 Å². The molecular weight excluding hydrogens is 192 g/mol. The quantitative estimate of drug-likeness (QED) is 0.712. The van der Waals surface area contributed by atoms with Crippen molar-refractivity contribution in [3.63, 3.8) is 0 Å². The van der Waals surface area contributed by atoms with Gasteiger partial charge in [0, 0.05) is 13.1 Å². The van der Waals surface area contributed by atoms with E-state index in [2.05, 4.69) is 16.3 Å². The minimum absolute atomic E-state index is 0.327. The van der Waals surface area contributed by atoms with Gasteiger partial charge in [-0.1, -0.05) is 0 Å². The molecule has 1 aliphatic rings. The van der Waals surface area contributed by atoms with Crippen LogP contribution in [0.15, 0.2) is 12.3 Å². The highest BCUT2D eigenvalue weighted by Crippen LogP contribution is 2.20. The third-order valence-electron chi connectivity index (χ3n) is 2.52. The van der Waals surface area contributed by atoms with Gasteiger partial charge in [0.15, 0.2) is 5.82 Å². The maximum absolute atomic E-state index is 9.53. The van der Waals surface area contributed by atoms with E-state index in [9.17, 15) is 5.11 Å². The fourth-order valence-electron chi connectivity index (χ4n) is 1.79. The normalized spacial score (nSPS) is 21.1. The average Bonchev–Trinajstić information content (AvgIpc) is 2.29. The van der Waals surface area contributed by atoms with Gasteiger partial charge in [0.05, 0.1) is 17.9 Å². The lowest BCUT2D eigenvalue weighted by Gasteiger charge is -2.30. The van der Waals surface area contributed by atoms with Crippen LogP contribution in [0, 0.1) is 11.3 Å². The molecule has 5 nitrogen and oxygen atoms in total. The van der Waals surface area contributed by atoms with Crippen LogP contribution in [0.4, 0.5) is 5.82 Å². The second-order valence-corrected chi connectivity index (χ2v) is 3.62. The van der Waals surface area contributed by atoms with Crippen molar-refractivity contribution in [2.75, 3.05) is 18.0 Å². The summed E-state index contributed by atoms with van der Waals surface area (Å²) in [5.74, 6) is 0.582. The van der Waals surface area contributed by atoms with E-state index in [1.807, 2.05) is 4.90 Å². The number of aromatic nitrogens is 2. The first-order chi connectivity index (χ1) is 7.31. The van der Waals surface area contributed by atoms with Crippen LogP contribution < -0.4 is 4.90 Å². The van der Waals surface area contributed by atoms with Crippen LogP contribution in [0.25, 0.3) is 0 Å². The number of aliphatic hydroxyl groups excluding tert-OH is 1. The molecule has 1 aromatic rings. The highest BCUT2D eigenvalue weighted by atomic mass is 16.3. The zero-order valence-corrected chi connectivity index (χ0v) is 8.30. The van der Waals surface area contributed by atoms with E-state index in [0.717, 1.165) is 19.4 Å². The fraction of sp³-hybridized carbons (Fsp3) is 0.500. The molecule has 0 spiro atoms. The van der Waals surface area contributed by atoms with Crippen LogP contribution in [0.3, 0.4) is 0 Å². The first kappa shape index (κ1) is 9.87. The summed E-state index contributed by atoms with van der Waals surface area (Å²) in [6, 6.07) is 3.72. The number of rotatable bonds is 1. The van der Waals surface area contributed by atoms with Crippen LogP contribution in [0.5, 0.6) is 0 Å². The standard InChI is InChI=1S/C10H12N4O/c11-6-8-3-4-12-13-10(8)14-5-1-2-9(15)7-14/h3-4,9,15H,1-2,5,7H2. The molecule has 2 heterocycles. The van der Waals surface area contributed by atoms with Crippen LogP contribution in [0.1, 0.15) is 18.4 Å². The number of aliphatic hydroxyl groups is 1. The smallest absolute Gasteiger partial charge is 0.169 e. The highest BCUT2D eigenvalue weighted by Gasteiger charge is 2.21. The van der Waals surface area contributed by atoms with Crippen molar-refractivity contribution in [3.8, 4) is 6.07 Å². The molecule has 0 amide bonds. The lowest BCUT2D eigenvalue weighted by atomic mass is 10.1. The molecule has 5 heteroatoms. The predicted octanol–water partition coefficient (Wildman–Crippen LogP) is 0.309. The maximum atomic E-state index is 9.53. The van der Waals surface area contributed by atoms with E-state index in [4.69, 9.17) is 5.26 Å². The van der Waals surface area contributed by atoms with Gasteiger partial charge in [-0.3, -0.25) is 0 Å². The Labute approximate surface area is 88.0 Å². The second kappa shape index (κ2) is 4.24. The lowest BCUT2D eigenvalue weighted by molar-refractivity contribution is 0.153. The van der Waals surface area contributed by atoms with Gasteiger partial charge in [0.2, 0.25) is 0 Å². The van der Waals surface area contributed by atoms with Gasteiger partial charge >= 0.3 is 0 Å². The molecule has 1 fully saturated rings. The van der Waals surface area contributed by atoms with Crippen molar-refractivity contribution in [2.24, 2.45) is 0 Å². The van der Waals surface area contributed by atoms with Gasteiger partial charge in [-0.05, 0) is 18.9 Å². The van der Waals surface area contributed by atoms with Gasteiger partial charge < -0.3 is 10.0 Å². The third kappa shape index (κ3) is 2.05. The van der Waals surface area contributed by atoms with Gasteiger partial charge in [-0.15, -0.1) is 5.10 Å². The molecule has 0 aromatic carbocycles. The summed E-state index contributed by atoms with van der Waals surface area (Å²) in [4.78, 5) is 1.92. The number of nitrogens with zero attached hydrogens (tertiary/aromatic N) is 4. The van der Waals surface area contributed by atoms with Crippen molar-refractivity contribution in [3.05, 3.63) is 17.8 Å². The number of nitriles is 1. The molecule has 1 aliphatic heterocycles. The molecule has 1 atom stereocenters. The lowest BCUT2D eigenvalue weighted by Crippen LogP contribution is -2.39. The second-order valence-electron chi connectivity index (χ2n) is 3.62. The number of piperidine rings is 1. The van der Waals surface area contributed by atoms with E-state index < -0.39 is 0 Å². The summed E-state index contributed by atoms with van der Waals surface area (Å²) in [7, 11) is 0. The van der Waals surface area contributed by atoms with E-state index in [0.29, 0.717) is 17.9 Å². The fourth-order valence-corrected chi connectivity index (χ4v) is 1.79. The highest BCUT2D eigenvalue weighted by molar-refractivity contribution is 5.52.